The molecule has 4 aromatic rings. The van der Waals surface area contributed by atoms with Gasteiger partial charge in [-0.3, -0.25) is 4.79 Å². The first kappa shape index (κ1) is 28.6. The predicted molar refractivity (Wildman–Crippen MR) is 161 cm³/mol. The minimum Gasteiger partial charge on any atom is -0.496 e. The van der Waals surface area contributed by atoms with Crippen LogP contribution in [0.25, 0.3) is 11.1 Å². The van der Waals surface area contributed by atoms with Crippen LogP contribution in [-0.4, -0.2) is 31.6 Å². The highest BCUT2D eigenvalue weighted by Gasteiger charge is 2.40. The predicted octanol–water partition coefficient (Wildman–Crippen LogP) is 6.96. The zero-order chi connectivity index (χ0) is 29.6. The van der Waals surface area contributed by atoms with Crippen molar-refractivity contribution in [2.24, 2.45) is 5.73 Å². The number of carbonyl (C=O) groups excluding carboxylic acids is 2. The number of thiophene rings is 1. The van der Waals surface area contributed by atoms with E-state index in [0.717, 1.165) is 11.3 Å². The van der Waals surface area contributed by atoms with Crippen molar-refractivity contribution >= 4 is 46.2 Å². The number of nitrogens with two attached hydrogens (primary N) is 1. The van der Waals surface area contributed by atoms with Crippen molar-refractivity contribution in [2.75, 3.05) is 24.4 Å². The van der Waals surface area contributed by atoms with Crippen LogP contribution in [0.1, 0.15) is 46.3 Å². The minimum absolute atomic E-state index is 0.145. The lowest BCUT2D eigenvalue weighted by Gasteiger charge is -2.40. The molecule has 0 saturated heterocycles. The quantitative estimate of drug-likeness (QED) is 0.185. The number of carbonyl (C=O) groups is 2. The fourth-order valence-corrected chi connectivity index (χ4v) is 6.19. The molecule has 3 aromatic carbocycles. The molecule has 0 spiro atoms. The van der Waals surface area contributed by atoms with Gasteiger partial charge in [-0.1, -0.05) is 23.7 Å². The van der Waals surface area contributed by atoms with Gasteiger partial charge < -0.3 is 25.4 Å². The maximum Gasteiger partial charge on any atom is 0.355 e. The summed E-state index contributed by atoms with van der Waals surface area (Å²) >= 11 is 7.29. The molecule has 1 atom stereocenters. The van der Waals surface area contributed by atoms with Crippen molar-refractivity contribution in [3.63, 3.8) is 0 Å². The van der Waals surface area contributed by atoms with Crippen LogP contribution < -0.4 is 25.4 Å². The van der Waals surface area contributed by atoms with Crippen molar-refractivity contribution in [3.8, 4) is 22.6 Å². The van der Waals surface area contributed by atoms with Crippen molar-refractivity contribution in [1.29, 1.82) is 0 Å². The average molecular weight is 594 g/mol. The SMILES string of the molecule is COc1cc(OC(=O)c2sccc2Cl)ccc1-c1ccc2c(c1C(N)c1cc(F)ccc1C)N(C)C(=O)C(C)(C)N2. The number of rotatable bonds is 6. The Hall–Kier alpha value is -3.92. The summed E-state index contributed by atoms with van der Waals surface area (Å²) in [5, 5.41) is 5.35. The van der Waals surface area contributed by atoms with Gasteiger partial charge in [0.1, 0.15) is 27.7 Å². The molecule has 0 aliphatic carbocycles. The first-order chi connectivity index (χ1) is 19.4. The molecule has 7 nitrogen and oxygen atoms in total. The average Bonchev–Trinajstić information content (AvgIpc) is 3.38. The van der Waals surface area contributed by atoms with Crippen LogP contribution >= 0.6 is 22.9 Å². The molecule has 0 bridgehead atoms. The van der Waals surface area contributed by atoms with Crippen LogP contribution in [-0.2, 0) is 4.79 Å². The summed E-state index contributed by atoms with van der Waals surface area (Å²) in [6.07, 6.45) is 0. The van der Waals surface area contributed by atoms with Gasteiger partial charge in [0.05, 0.1) is 29.5 Å². The summed E-state index contributed by atoms with van der Waals surface area (Å²) in [5.41, 5.74) is 10.7. The Kier molecular flexibility index (Phi) is 7.54. The maximum atomic E-state index is 14.4. The van der Waals surface area contributed by atoms with Crippen LogP contribution in [0.2, 0.25) is 5.02 Å². The van der Waals surface area contributed by atoms with Crippen LogP contribution in [0.3, 0.4) is 0 Å². The molecule has 1 aliphatic rings. The van der Waals surface area contributed by atoms with Gasteiger partial charge in [-0.2, -0.15) is 0 Å². The number of halogens is 2. The molecular weight excluding hydrogens is 565 g/mol. The molecule has 41 heavy (non-hydrogen) atoms. The second kappa shape index (κ2) is 10.8. The lowest BCUT2D eigenvalue weighted by atomic mass is 9.85. The van der Waals surface area contributed by atoms with Gasteiger partial charge in [0, 0.05) is 24.2 Å². The van der Waals surface area contributed by atoms with Crippen LogP contribution in [0.4, 0.5) is 15.8 Å². The van der Waals surface area contributed by atoms with Crippen molar-refractivity contribution in [2.45, 2.75) is 32.4 Å². The lowest BCUT2D eigenvalue weighted by Crippen LogP contribution is -2.53. The maximum absolute atomic E-state index is 14.4. The van der Waals surface area contributed by atoms with Gasteiger partial charge in [-0.05, 0) is 79.2 Å². The zero-order valence-electron chi connectivity index (χ0n) is 23.2. The number of ether oxygens (including phenoxy) is 2. The Morgan fingerprint density at radius 1 is 1.12 bits per heavy atom. The largest absolute Gasteiger partial charge is 0.496 e. The normalized spacial score (nSPS) is 14.7. The molecule has 0 saturated carbocycles. The first-order valence-electron chi connectivity index (χ1n) is 12.8. The summed E-state index contributed by atoms with van der Waals surface area (Å²) in [4.78, 5) is 27.9. The zero-order valence-corrected chi connectivity index (χ0v) is 24.7. The molecule has 3 N–H and O–H groups in total. The minimum atomic E-state index is -0.839. The molecule has 1 amide bonds. The fraction of sp³-hybridized carbons (Fsp3) is 0.226. The smallest absolute Gasteiger partial charge is 0.355 e. The van der Waals surface area contributed by atoms with E-state index >= 15 is 0 Å². The van der Waals surface area contributed by atoms with E-state index in [9.17, 15) is 14.0 Å². The third kappa shape index (κ3) is 5.16. The van der Waals surface area contributed by atoms with Crippen molar-refractivity contribution < 1.29 is 23.5 Å². The second-order valence-electron chi connectivity index (χ2n) is 10.4. The first-order valence-corrected chi connectivity index (χ1v) is 14.1. The number of hydrogen-bond donors (Lipinski definition) is 2. The van der Waals surface area contributed by atoms with E-state index in [4.69, 9.17) is 26.8 Å². The van der Waals surface area contributed by atoms with E-state index < -0.39 is 23.4 Å². The van der Waals surface area contributed by atoms with Gasteiger partial charge in [0.15, 0.2) is 0 Å². The number of nitrogens with zero attached hydrogens (tertiary/aromatic N) is 1. The van der Waals surface area contributed by atoms with E-state index in [1.165, 1.54) is 30.6 Å². The van der Waals surface area contributed by atoms with Crippen LogP contribution in [0.5, 0.6) is 11.5 Å². The van der Waals surface area contributed by atoms with Gasteiger partial charge in [-0.25, -0.2) is 9.18 Å². The number of anilines is 2. The molecule has 0 radical (unpaired) electrons. The summed E-state index contributed by atoms with van der Waals surface area (Å²) in [5.74, 6) is -0.457. The summed E-state index contributed by atoms with van der Waals surface area (Å²) in [6.45, 7) is 5.49. The number of nitrogens with one attached hydrogen (secondary N) is 1. The highest BCUT2D eigenvalue weighted by Crippen LogP contribution is 2.48. The van der Waals surface area contributed by atoms with Crippen molar-refractivity contribution in [1.82, 2.24) is 0 Å². The molecule has 1 unspecified atom stereocenters. The standard InChI is InChI=1S/C31H29ClFN3O4S/c1-16-6-7-17(33)14-21(16)26(34)25-20(10-11-23-27(25)36(4)30(38)31(2,3)35-23)19-9-8-18(15-24(19)39-5)40-29(37)28-22(32)12-13-41-28/h6-15,26,35H,34H2,1-5H3. The molecule has 212 valence electrons. The number of amides is 1. The van der Waals surface area contributed by atoms with Gasteiger partial charge in [0.2, 0.25) is 0 Å². The summed E-state index contributed by atoms with van der Waals surface area (Å²) in [6, 6.07) is 14.1. The monoisotopic (exact) mass is 593 g/mol. The molecular formula is C31H29ClFN3O4S. The number of hydrogen-bond acceptors (Lipinski definition) is 7. The van der Waals surface area contributed by atoms with Crippen LogP contribution in [0, 0.1) is 12.7 Å². The van der Waals surface area contributed by atoms with Gasteiger partial charge >= 0.3 is 5.97 Å². The molecule has 0 fully saturated rings. The summed E-state index contributed by atoms with van der Waals surface area (Å²) in [7, 11) is 3.21. The van der Waals surface area contributed by atoms with Crippen LogP contribution in [0.15, 0.2) is 60.0 Å². The number of likely N-dealkylation sites (N-methyl/N-ethyl adjacent to an activating group) is 1. The summed E-state index contributed by atoms with van der Waals surface area (Å²) < 4.78 is 25.7. The highest BCUT2D eigenvalue weighted by atomic mass is 35.5. The molecule has 5 rings (SSSR count). The Morgan fingerprint density at radius 3 is 2.54 bits per heavy atom. The molecule has 1 aromatic heterocycles. The van der Waals surface area contributed by atoms with E-state index in [2.05, 4.69) is 5.32 Å². The molecule has 2 heterocycles. The Balaban J connectivity index is 1.68. The topological polar surface area (TPSA) is 93.9 Å². The number of benzene rings is 3. The van der Waals surface area contributed by atoms with Gasteiger partial charge in [0.25, 0.3) is 5.91 Å². The Morgan fingerprint density at radius 2 is 1.85 bits per heavy atom. The number of methoxy groups -OCH3 is 1. The van der Waals surface area contributed by atoms with E-state index in [1.807, 2.05) is 32.9 Å². The van der Waals surface area contributed by atoms with E-state index in [1.54, 1.807) is 47.7 Å². The number of esters is 1. The van der Waals surface area contributed by atoms with Gasteiger partial charge in [-0.15, -0.1) is 11.3 Å². The fourth-order valence-electron chi connectivity index (χ4n) is 5.18. The van der Waals surface area contributed by atoms with E-state index in [0.29, 0.717) is 43.6 Å². The molecule has 10 heteroatoms. The lowest BCUT2D eigenvalue weighted by molar-refractivity contribution is -0.121. The molecule has 1 aliphatic heterocycles. The van der Waals surface area contributed by atoms with Crippen molar-refractivity contribution in [3.05, 3.63) is 92.4 Å². The third-order valence-corrected chi connectivity index (χ3v) is 8.52. The highest BCUT2D eigenvalue weighted by molar-refractivity contribution is 7.12. The van der Waals surface area contributed by atoms with E-state index in [-0.39, 0.29) is 11.7 Å². The second-order valence-corrected chi connectivity index (χ2v) is 11.7. The Bertz CT molecular complexity index is 1690. The number of fused-ring (bicyclic) bond motifs is 1. The Labute approximate surface area is 246 Å². The third-order valence-electron chi connectivity index (χ3n) is 7.20. The number of aryl methyl sites for hydroxylation is 1.